The number of nitrogens with one attached hydrogen (secondary N) is 1. The van der Waals surface area contributed by atoms with Crippen LogP contribution in [0.5, 0.6) is 0 Å². The van der Waals surface area contributed by atoms with Gasteiger partial charge in [0, 0.05) is 17.6 Å². The molecular formula is C28H24N4. The van der Waals surface area contributed by atoms with E-state index >= 15 is 0 Å². The van der Waals surface area contributed by atoms with Crippen molar-refractivity contribution < 1.29 is 4.57 Å². The standard InChI is InChI=1S/C28H24N4/c1-19-20(2)32(18-31(19)3)22-10-8-9-21(17-22)28(27-15-16-29-30-27)25-13-6-4-11-23(25)24-12-5-7-14-26(24)28/h4-17H,1-3H3,(H,29,30). The lowest BCUT2D eigenvalue weighted by molar-refractivity contribution is -0.681. The lowest BCUT2D eigenvalue weighted by atomic mass is 9.70. The van der Waals surface area contributed by atoms with E-state index in [9.17, 15) is 0 Å². The number of imidazole rings is 1. The van der Waals surface area contributed by atoms with Gasteiger partial charge in [-0.15, -0.1) is 0 Å². The predicted molar refractivity (Wildman–Crippen MR) is 125 cm³/mol. The van der Waals surface area contributed by atoms with Crippen LogP contribution in [-0.2, 0) is 12.5 Å². The third-order valence-electron chi connectivity index (χ3n) is 7.01. The highest BCUT2D eigenvalue weighted by Crippen LogP contribution is 2.55. The number of hydrogen-bond acceptors (Lipinski definition) is 1. The summed E-state index contributed by atoms with van der Waals surface area (Å²) >= 11 is 0. The van der Waals surface area contributed by atoms with Gasteiger partial charge in [-0.25, -0.2) is 0 Å². The first-order chi connectivity index (χ1) is 15.6. The van der Waals surface area contributed by atoms with Crippen LogP contribution in [-0.4, -0.2) is 14.8 Å². The molecule has 1 aliphatic rings. The first-order valence-corrected chi connectivity index (χ1v) is 10.9. The van der Waals surface area contributed by atoms with Crippen molar-refractivity contribution in [2.75, 3.05) is 0 Å². The number of hydrogen-bond donors (Lipinski definition) is 1. The summed E-state index contributed by atoms with van der Waals surface area (Å²) in [7, 11) is 2.04. The summed E-state index contributed by atoms with van der Waals surface area (Å²) in [5.41, 5.74) is 10.4. The zero-order chi connectivity index (χ0) is 21.9. The van der Waals surface area contributed by atoms with Gasteiger partial charge in [-0.2, -0.15) is 5.10 Å². The van der Waals surface area contributed by atoms with E-state index in [-0.39, 0.29) is 0 Å². The number of nitrogens with zero attached hydrogens (tertiary/aromatic N) is 3. The van der Waals surface area contributed by atoms with E-state index in [0.717, 1.165) is 11.4 Å². The fourth-order valence-corrected chi connectivity index (χ4v) is 5.29. The van der Waals surface area contributed by atoms with Crippen molar-refractivity contribution >= 4 is 0 Å². The van der Waals surface area contributed by atoms with Crippen molar-refractivity contribution in [1.82, 2.24) is 14.8 Å². The molecule has 0 aliphatic heterocycles. The summed E-state index contributed by atoms with van der Waals surface area (Å²) in [5, 5.41) is 7.67. The van der Waals surface area contributed by atoms with Crippen LogP contribution in [0.25, 0.3) is 16.8 Å². The number of aromatic amines is 1. The number of rotatable bonds is 3. The molecule has 156 valence electrons. The van der Waals surface area contributed by atoms with Gasteiger partial charge < -0.3 is 9.13 Å². The zero-order valence-corrected chi connectivity index (χ0v) is 18.4. The highest BCUT2D eigenvalue weighted by atomic mass is 15.1. The predicted octanol–water partition coefficient (Wildman–Crippen LogP) is 4.81. The topological polar surface area (TPSA) is 37.5 Å². The number of H-pyrrole nitrogens is 1. The Hall–Kier alpha value is -3.92. The van der Waals surface area contributed by atoms with E-state index in [1.54, 1.807) is 0 Å². The van der Waals surface area contributed by atoms with E-state index in [4.69, 9.17) is 0 Å². The first-order valence-electron chi connectivity index (χ1n) is 10.9. The number of benzene rings is 3. The molecule has 0 amide bonds. The Morgan fingerprint density at radius 3 is 2.16 bits per heavy atom. The number of aryl methyl sites for hydroxylation is 1. The van der Waals surface area contributed by atoms with Crippen molar-refractivity contribution in [3.63, 3.8) is 0 Å². The second kappa shape index (κ2) is 6.79. The van der Waals surface area contributed by atoms with E-state index in [1.165, 1.54) is 39.2 Å². The maximum absolute atomic E-state index is 4.35. The molecule has 4 nitrogen and oxygen atoms in total. The molecule has 0 unspecified atom stereocenters. The second-order valence-corrected chi connectivity index (χ2v) is 8.53. The van der Waals surface area contributed by atoms with Crippen LogP contribution in [0.15, 0.2) is 85.1 Å². The Morgan fingerprint density at radius 2 is 1.56 bits per heavy atom. The summed E-state index contributed by atoms with van der Waals surface area (Å²) in [6, 6.07) is 28.4. The summed E-state index contributed by atoms with van der Waals surface area (Å²) in [5.74, 6) is 0. The van der Waals surface area contributed by atoms with Gasteiger partial charge in [0.05, 0.1) is 23.8 Å². The molecule has 0 saturated heterocycles. The molecule has 0 atom stereocenters. The summed E-state index contributed by atoms with van der Waals surface area (Å²) in [6.07, 6.45) is 5.29. The summed E-state index contributed by atoms with van der Waals surface area (Å²) in [6.45, 7) is 4.27. The SMILES string of the molecule is Cc1c(C)[n+](C)[c-]n1-c1cccc(C2(c3ccn[nH]3)c3ccccc3-c3ccccc32)c1. The van der Waals surface area contributed by atoms with Gasteiger partial charge in [0.25, 0.3) is 0 Å². The molecule has 4 heteroatoms. The molecule has 2 heterocycles. The molecule has 1 aliphatic carbocycles. The average molecular weight is 417 g/mol. The molecule has 0 saturated carbocycles. The maximum atomic E-state index is 4.35. The highest BCUT2D eigenvalue weighted by molar-refractivity contribution is 5.85. The van der Waals surface area contributed by atoms with Crippen LogP contribution in [0.3, 0.4) is 0 Å². The molecule has 6 rings (SSSR count). The van der Waals surface area contributed by atoms with Gasteiger partial charge in [0.1, 0.15) is 0 Å². The van der Waals surface area contributed by atoms with Crippen LogP contribution in [0.2, 0.25) is 0 Å². The molecule has 0 fully saturated rings. The van der Waals surface area contributed by atoms with E-state index in [1.807, 2.05) is 17.8 Å². The monoisotopic (exact) mass is 416 g/mol. The normalized spacial score (nSPS) is 13.7. The van der Waals surface area contributed by atoms with Crippen LogP contribution in [0, 0.1) is 20.2 Å². The number of aromatic nitrogens is 4. The molecule has 1 N–H and O–H groups in total. The van der Waals surface area contributed by atoms with Gasteiger partial charge in [-0.1, -0.05) is 72.8 Å². The lowest BCUT2D eigenvalue weighted by Gasteiger charge is -2.32. The summed E-state index contributed by atoms with van der Waals surface area (Å²) in [4.78, 5) is 0. The Balaban J connectivity index is 1.69. The van der Waals surface area contributed by atoms with Crippen LogP contribution >= 0.6 is 0 Å². The number of fused-ring (bicyclic) bond motifs is 3. The molecule has 32 heavy (non-hydrogen) atoms. The molecular weight excluding hydrogens is 392 g/mol. The van der Waals surface area contributed by atoms with Gasteiger partial charge in [-0.05, 0) is 47.7 Å². The van der Waals surface area contributed by atoms with Gasteiger partial charge in [0.15, 0.2) is 0 Å². The van der Waals surface area contributed by atoms with Crippen LogP contribution in [0.1, 0.15) is 33.8 Å². The molecule has 0 spiro atoms. The fourth-order valence-electron chi connectivity index (χ4n) is 5.29. The smallest absolute Gasteiger partial charge is 0.243 e. The second-order valence-electron chi connectivity index (χ2n) is 8.53. The Labute approximate surface area is 187 Å². The van der Waals surface area contributed by atoms with Crippen molar-refractivity contribution in [1.29, 1.82) is 0 Å². The Morgan fingerprint density at radius 1 is 0.875 bits per heavy atom. The van der Waals surface area contributed by atoms with Gasteiger partial charge in [-0.3, -0.25) is 5.10 Å². The molecule has 0 radical (unpaired) electrons. The zero-order valence-electron chi connectivity index (χ0n) is 18.4. The van der Waals surface area contributed by atoms with Crippen LogP contribution < -0.4 is 4.57 Å². The fraction of sp³-hybridized carbons (Fsp3) is 0.143. The van der Waals surface area contributed by atoms with Crippen LogP contribution in [0.4, 0.5) is 0 Å². The largest absolute Gasteiger partial charge is 0.323 e. The van der Waals surface area contributed by atoms with E-state index in [0.29, 0.717) is 0 Å². The van der Waals surface area contributed by atoms with Crippen molar-refractivity contribution in [3.8, 4) is 16.8 Å². The van der Waals surface area contributed by atoms with Crippen molar-refractivity contribution in [2.45, 2.75) is 19.3 Å². The molecule has 2 aromatic heterocycles. The van der Waals surface area contributed by atoms with E-state index in [2.05, 4.69) is 114 Å². The van der Waals surface area contributed by atoms with Gasteiger partial charge in [0.2, 0.25) is 6.33 Å². The highest BCUT2D eigenvalue weighted by Gasteiger charge is 2.46. The first kappa shape index (κ1) is 18.8. The maximum Gasteiger partial charge on any atom is 0.243 e. The quantitative estimate of drug-likeness (QED) is 0.326. The average Bonchev–Trinajstić information content (AvgIpc) is 3.53. The third kappa shape index (κ3) is 2.38. The minimum atomic E-state index is -0.460. The lowest BCUT2D eigenvalue weighted by Crippen LogP contribution is -2.29. The Kier molecular flexibility index (Phi) is 3.99. The molecule has 3 aromatic carbocycles. The van der Waals surface area contributed by atoms with Gasteiger partial charge >= 0.3 is 0 Å². The molecule has 5 aromatic rings. The third-order valence-corrected chi connectivity index (χ3v) is 7.01. The van der Waals surface area contributed by atoms with Crippen molar-refractivity contribution in [3.05, 3.63) is 125 Å². The van der Waals surface area contributed by atoms with E-state index < -0.39 is 5.41 Å². The minimum Gasteiger partial charge on any atom is -0.323 e. The summed E-state index contributed by atoms with van der Waals surface area (Å²) < 4.78 is 4.19. The van der Waals surface area contributed by atoms with Crippen molar-refractivity contribution in [2.24, 2.45) is 7.05 Å². The molecule has 0 bridgehead atoms. The Bertz CT molecular complexity index is 1410. The minimum absolute atomic E-state index is 0.460.